The average Bonchev–Trinajstić information content (AvgIpc) is 3.22. The number of aryl methyl sites for hydroxylation is 1. The molecule has 1 aromatic carbocycles. The number of anilines is 3. The summed E-state index contributed by atoms with van der Waals surface area (Å²) in [5, 5.41) is 4.27. The number of nitrogens with zero attached hydrogens (tertiary/aromatic N) is 7. The summed E-state index contributed by atoms with van der Waals surface area (Å²) in [4.78, 5) is 18.8. The topological polar surface area (TPSA) is 91.5 Å². The molecule has 5 rings (SSSR count). The lowest BCUT2D eigenvalue weighted by Crippen LogP contribution is -2.44. The van der Waals surface area contributed by atoms with Gasteiger partial charge in [-0.3, -0.25) is 4.57 Å². The largest absolute Gasteiger partial charge is 0.369 e. The van der Waals surface area contributed by atoms with Crippen molar-refractivity contribution in [3.8, 4) is 5.82 Å². The highest BCUT2D eigenvalue weighted by Gasteiger charge is 2.16. The number of benzene rings is 1. The maximum Gasteiger partial charge on any atom is 0.229 e. The molecule has 1 fully saturated rings. The molecule has 0 atom stereocenters. The third-order valence-corrected chi connectivity index (χ3v) is 6.86. The second-order valence-electron chi connectivity index (χ2n) is 9.39. The minimum absolute atomic E-state index is 0.444. The summed E-state index contributed by atoms with van der Waals surface area (Å²) in [6, 6.07) is 16.1. The molecule has 0 radical (unpaired) electrons. The van der Waals surface area contributed by atoms with E-state index < -0.39 is 9.73 Å². The zero-order valence-electron chi connectivity index (χ0n) is 21.2. The Balaban J connectivity index is 1.44. The van der Waals surface area contributed by atoms with Crippen LogP contribution in [0.25, 0.3) is 16.9 Å². The quantitative estimate of drug-likeness (QED) is 0.420. The fourth-order valence-corrected chi connectivity index (χ4v) is 4.93. The van der Waals surface area contributed by atoms with E-state index in [9.17, 15) is 4.21 Å². The van der Waals surface area contributed by atoms with Crippen LogP contribution in [0.1, 0.15) is 12.6 Å². The predicted molar refractivity (Wildman–Crippen MR) is 148 cm³/mol. The lowest BCUT2D eigenvalue weighted by atomic mass is 10.2. The summed E-state index contributed by atoms with van der Waals surface area (Å²) >= 11 is 0. The number of likely N-dealkylation sites (N-methyl/N-ethyl adjacent to an activating group) is 1. The van der Waals surface area contributed by atoms with Crippen LogP contribution in [0.2, 0.25) is 0 Å². The predicted octanol–water partition coefficient (Wildman–Crippen LogP) is 4.23. The van der Waals surface area contributed by atoms with Crippen LogP contribution in [0.5, 0.6) is 0 Å². The van der Waals surface area contributed by atoms with Gasteiger partial charge in [-0.1, -0.05) is 13.0 Å². The van der Waals surface area contributed by atoms with Crippen molar-refractivity contribution in [3.05, 3.63) is 60.4 Å². The SMILES string of the molecule is CCc1cc2cnc(Nc3ccc(N4CCN(C)CC4)cc3)nc2n1-c1cccc(N=S(C)(C)=O)n1. The Morgan fingerprint density at radius 1 is 1.03 bits per heavy atom. The molecule has 1 saturated heterocycles. The van der Waals surface area contributed by atoms with Gasteiger partial charge < -0.3 is 15.1 Å². The van der Waals surface area contributed by atoms with Crippen molar-refractivity contribution in [3.63, 3.8) is 0 Å². The van der Waals surface area contributed by atoms with E-state index in [1.54, 1.807) is 18.6 Å². The summed E-state index contributed by atoms with van der Waals surface area (Å²) < 4.78 is 18.5. The van der Waals surface area contributed by atoms with Gasteiger partial charge in [-0.2, -0.15) is 9.35 Å². The van der Waals surface area contributed by atoms with Gasteiger partial charge in [-0.15, -0.1) is 0 Å². The Labute approximate surface area is 212 Å². The van der Waals surface area contributed by atoms with Crippen LogP contribution in [0.15, 0.2) is 59.1 Å². The van der Waals surface area contributed by atoms with E-state index in [-0.39, 0.29) is 0 Å². The van der Waals surface area contributed by atoms with Gasteiger partial charge in [0, 0.05) is 77.1 Å². The van der Waals surface area contributed by atoms with Crippen LogP contribution in [-0.4, -0.2) is 74.4 Å². The van der Waals surface area contributed by atoms with Crippen molar-refractivity contribution >= 4 is 43.9 Å². The molecule has 1 aliphatic rings. The zero-order chi connectivity index (χ0) is 25.3. The van der Waals surface area contributed by atoms with Crippen LogP contribution in [-0.2, 0) is 16.1 Å². The van der Waals surface area contributed by atoms with Crippen molar-refractivity contribution in [1.29, 1.82) is 0 Å². The van der Waals surface area contributed by atoms with Crippen molar-refractivity contribution in [1.82, 2.24) is 24.4 Å². The Hall–Kier alpha value is -3.50. The average molecular weight is 505 g/mol. The molecule has 0 saturated carbocycles. The van der Waals surface area contributed by atoms with E-state index in [1.807, 2.05) is 22.9 Å². The lowest BCUT2D eigenvalue weighted by molar-refractivity contribution is 0.313. The molecule has 188 valence electrons. The van der Waals surface area contributed by atoms with Gasteiger partial charge in [-0.25, -0.2) is 14.2 Å². The number of aromatic nitrogens is 4. The van der Waals surface area contributed by atoms with E-state index in [2.05, 4.69) is 73.8 Å². The number of hydrogen-bond acceptors (Lipinski definition) is 8. The van der Waals surface area contributed by atoms with E-state index in [1.165, 1.54) is 5.69 Å². The fourth-order valence-electron chi connectivity index (χ4n) is 4.38. The summed E-state index contributed by atoms with van der Waals surface area (Å²) in [6.07, 6.45) is 5.84. The first-order chi connectivity index (χ1) is 17.3. The first kappa shape index (κ1) is 24.2. The Bertz CT molecular complexity index is 1490. The highest BCUT2D eigenvalue weighted by Crippen LogP contribution is 2.26. The number of nitrogens with one attached hydrogen (secondary N) is 1. The molecular weight excluding hydrogens is 472 g/mol. The second-order valence-corrected chi connectivity index (χ2v) is 11.9. The highest BCUT2D eigenvalue weighted by molar-refractivity contribution is 7.92. The van der Waals surface area contributed by atoms with Crippen LogP contribution in [0.3, 0.4) is 0 Å². The van der Waals surface area contributed by atoms with Crippen molar-refractivity contribution < 1.29 is 4.21 Å². The zero-order valence-corrected chi connectivity index (χ0v) is 22.0. The molecule has 1 N–H and O–H groups in total. The molecule has 9 nitrogen and oxygen atoms in total. The first-order valence-corrected chi connectivity index (χ1v) is 14.4. The maximum absolute atomic E-state index is 12.2. The number of hydrogen-bond donors (Lipinski definition) is 1. The third kappa shape index (κ3) is 5.34. The Morgan fingerprint density at radius 3 is 2.47 bits per heavy atom. The van der Waals surface area contributed by atoms with Crippen molar-refractivity contribution in [2.75, 3.05) is 56.0 Å². The van der Waals surface area contributed by atoms with E-state index in [4.69, 9.17) is 4.98 Å². The van der Waals surface area contributed by atoms with Gasteiger partial charge in [0.2, 0.25) is 5.95 Å². The number of fused-ring (bicyclic) bond motifs is 1. The van der Waals surface area contributed by atoms with Crippen molar-refractivity contribution in [2.24, 2.45) is 4.36 Å². The summed E-state index contributed by atoms with van der Waals surface area (Å²) in [7, 11) is -0.149. The molecule has 4 aromatic rings. The lowest BCUT2D eigenvalue weighted by Gasteiger charge is -2.34. The number of rotatable bonds is 6. The smallest absolute Gasteiger partial charge is 0.229 e. The van der Waals surface area contributed by atoms with E-state index in [0.29, 0.717) is 17.6 Å². The number of piperazine rings is 1. The van der Waals surface area contributed by atoms with E-state index >= 15 is 0 Å². The minimum Gasteiger partial charge on any atom is -0.369 e. The van der Waals surface area contributed by atoms with Gasteiger partial charge in [0.05, 0.1) is 0 Å². The van der Waals surface area contributed by atoms with Gasteiger partial charge in [0.25, 0.3) is 0 Å². The maximum atomic E-state index is 12.2. The molecule has 1 aliphatic heterocycles. The Kier molecular flexibility index (Phi) is 6.63. The van der Waals surface area contributed by atoms with Crippen LogP contribution < -0.4 is 10.2 Å². The second kappa shape index (κ2) is 9.87. The monoisotopic (exact) mass is 504 g/mol. The standard InChI is InChI=1S/C26H32N8OS/c1-5-21-17-19-18-27-26(28-20-9-11-22(12-10-20)33-15-13-32(2)14-16-33)30-25(19)34(21)24-8-6-7-23(29-24)31-36(3,4)35/h6-12,17-18H,5,13-16H2,1-4H3,(H,27,28,30). The molecule has 0 unspecified atom stereocenters. The van der Waals surface area contributed by atoms with Gasteiger partial charge in [-0.05, 0) is 55.9 Å². The molecular formula is C26H32N8OS. The minimum atomic E-state index is -2.31. The first-order valence-electron chi connectivity index (χ1n) is 12.1. The van der Waals surface area contributed by atoms with Crippen molar-refractivity contribution in [2.45, 2.75) is 13.3 Å². The molecule has 0 spiro atoms. The number of pyridine rings is 1. The fraction of sp³-hybridized carbons (Fsp3) is 0.346. The molecule has 4 heterocycles. The molecule has 0 bridgehead atoms. The summed E-state index contributed by atoms with van der Waals surface area (Å²) in [5.41, 5.74) is 3.98. The van der Waals surface area contributed by atoms with Crippen LogP contribution >= 0.6 is 0 Å². The molecule has 10 heteroatoms. The highest BCUT2D eigenvalue weighted by atomic mass is 32.2. The summed E-state index contributed by atoms with van der Waals surface area (Å²) in [5.74, 6) is 1.65. The molecule has 36 heavy (non-hydrogen) atoms. The molecule has 0 aliphatic carbocycles. The van der Waals surface area contributed by atoms with Crippen LogP contribution in [0.4, 0.5) is 23.1 Å². The van der Waals surface area contributed by atoms with Gasteiger partial charge >= 0.3 is 0 Å². The van der Waals surface area contributed by atoms with E-state index in [0.717, 1.165) is 55.0 Å². The summed E-state index contributed by atoms with van der Waals surface area (Å²) in [6.45, 7) is 6.33. The molecule has 0 amide bonds. The normalized spacial score (nSPS) is 14.8. The third-order valence-electron chi connectivity index (χ3n) is 6.23. The van der Waals surface area contributed by atoms with Crippen LogP contribution in [0, 0.1) is 0 Å². The molecule has 3 aromatic heterocycles. The Morgan fingerprint density at radius 2 is 1.78 bits per heavy atom. The van der Waals surface area contributed by atoms with Gasteiger partial charge in [0.15, 0.2) is 11.5 Å². The van der Waals surface area contributed by atoms with Gasteiger partial charge in [0.1, 0.15) is 5.82 Å².